The summed E-state index contributed by atoms with van der Waals surface area (Å²) in [6.45, 7) is 0.568. The fourth-order valence-electron chi connectivity index (χ4n) is 1.14. The van der Waals surface area contributed by atoms with E-state index in [1.165, 1.54) is 12.1 Å². The van der Waals surface area contributed by atoms with Gasteiger partial charge >= 0.3 is 0 Å². The van der Waals surface area contributed by atoms with Crippen molar-refractivity contribution in [1.29, 1.82) is 0 Å². The zero-order valence-electron chi connectivity index (χ0n) is 7.92. The second-order valence-corrected chi connectivity index (χ2v) is 4.43. The van der Waals surface area contributed by atoms with Crippen molar-refractivity contribution in [3.05, 3.63) is 22.3 Å². The number of hydrogen-bond acceptors (Lipinski definition) is 2. The summed E-state index contributed by atoms with van der Waals surface area (Å²) in [5.41, 5.74) is -0.246. The molecule has 1 aromatic rings. The zero-order chi connectivity index (χ0) is 10.8. The molecule has 1 aliphatic carbocycles. The number of pyridine rings is 1. The van der Waals surface area contributed by atoms with Gasteiger partial charge in [-0.15, -0.1) is 0 Å². The first-order valence-corrected chi connectivity index (χ1v) is 5.53. The number of ether oxygens (including phenoxy) is 1. The summed E-state index contributed by atoms with van der Waals surface area (Å²) in [7, 11) is 0. The highest BCUT2D eigenvalue weighted by Crippen LogP contribution is 2.31. The minimum atomic E-state index is -2.55. The summed E-state index contributed by atoms with van der Waals surface area (Å²) < 4.78 is 30.7. The lowest BCUT2D eigenvalue weighted by Gasteiger charge is -2.07. The van der Waals surface area contributed by atoms with E-state index in [-0.39, 0.29) is 11.6 Å². The molecule has 82 valence electrons. The van der Waals surface area contributed by atoms with Crippen LogP contribution >= 0.6 is 15.9 Å². The van der Waals surface area contributed by atoms with Crippen molar-refractivity contribution < 1.29 is 13.5 Å². The van der Waals surface area contributed by atoms with E-state index in [2.05, 4.69) is 20.9 Å². The van der Waals surface area contributed by atoms with Gasteiger partial charge in [0, 0.05) is 0 Å². The van der Waals surface area contributed by atoms with Crippen LogP contribution in [0.4, 0.5) is 8.78 Å². The summed E-state index contributed by atoms with van der Waals surface area (Å²) in [6.07, 6.45) is -0.237. The van der Waals surface area contributed by atoms with E-state index in [0.29, 0.717) is 17.0 Å². The van der Waals surface area contributed by atoms with Gasteiger partial charge in [0.25, 0.3) is 6.43 Å². The third-order valence-electron chi connectivity index (χ3n) is 2.21. The van der Waals surface area contributed by atoms with Crippen LogP contribution in [0.5, 0.6) is 5.88 Å². The van der Waals surface area contributed by atoms with Crippen LogP contribution in [0.2, 0.25) is 0 Å². The predicted molar refractivity (Wildman–Crippen MR) is 55.1 cm³/mol. The molecule has 1 aromatic heterocycles. The molecule has 1 heterocycles. The highest BCUT2D eigenvalue weighted by molar-refractivity contribution is 9.10. The predicted octanol–water partition coefficient (Wildman–Crippen LogP) is 3.57. The minimum Gasteiger partial charge on any atom is -0.477 e. The Morgan fingerprint density at radius 1 is 1.47 bits per heavy atom. The molecular weight excluding hydrogens is 268 g/mol. The number of hydrogen-bond donors (Lipinski definition) is 0. The summed E-state index contributed by atoms with van der Waals surface area (Å²) in [5.74, 6) is 0.841. The summed E-state index contributed by atoms with van der Waals surface area (Å²) in [6, 6.07) is 2.83. The molecule has 2 rings (SSSR count). The van der Waals surface area contributed by atoms with Gasteiger partial charge in [0.15, 0.2) is 0 Å². The van der Waals surface area contributed by atoms with E-state index < -0.39 is 6.43 Å². The number of halogens is 3. The molecule has 2 nitrogen and oxygen atoms in total. The third-order valence-corrected chi connectivity index (χ3v) is 2.82. The van der Waals surface area contributed by atoms with Gasteiger partial charge in [-0.05, 0) is 46.8 Å². The maximum absolute atomic E-state index is 12.4. The molecule has 0 aliphatic heterocycles. The number of aromatic nitrogens is 1. The Kier molecular flexibility index (Phi) is 3.19. The Balaban J connectivity index is 2.08. The average Bonchev–Trinajstić information content (AvgIpc) is 3.00. The van der Waals surface area contributed by atoms with Gasteiger partial charge in [-0.2, -0.15) is 0 Å². The van der Waals surface area contributed by atoms with Gasteiger partial charge in [0.1, 0.15) is 5.69 Å². The SMILES string of the molecule is FC(F)c1ccc(Br)c(OCC2CC2)n1. The Hall–Kier alpha value is -0.710. The van der Waals surface area contributed by atoms with E-state index in [1.54, 1.807) is 0 Å². The van der Waals surface area contributed by atoms with Gasteiger partial charge in [-0.1, -0.05) is 0 Å². The molecule has 0 radical (unpaired) electrons. The van der Waals surface area contributed by atoms with Crippen LogP contribution in [0.1, 0.15) is 25.0 Å². The first-order valence-electron chi connectivity index (χ1n) is 4.74. The Bertz CT molecular complexity index is 355. The largest absolute Gasteiger partial charge is 0.477 e. The first kappa shape index (κ1) is 10.8. The molecule has 1 aliphatic rings. The molecule has 0 saturated heterocycles. The van der Waals surface area contributed by atoms with Crippen molar-refractivity contribution in [2.75, 3.05) is 6.61 Å². The summed E-state index contributed by atoms with van der Waals surface area (Å²) >= 11 is 3.22. The molecule has 1 fully saturated rings. The van der Waals surface area contributed by atoms with Gasteiger partial charge in [-0.3, -0.25) is 0 Å². The van der Waals surface area contributed by atoms with Crippen molar-refractivity contribution in [3.63, 3.8) is 0 Å². The van der Waals surface area contributed by atoms with Gasteiger partial charge in [0.05, 0.1) is 11.1 Å². The maximum Gasteiger partial charge on any atom is 0.280 e. The van der Waals surface area contributed by atoms with Crippen LogP contribution in [0, 0.1) is 5.92 Å². The topological polar surface area (TPSA) is 22.1 Å². The fourth-order valence-corrected chi connectivity index (χ4v) is 1.48. The number of nitrogens with zero attached hydrogens (tertiary/aromatic N) is 1. The van der Waals surface area contributed by atoms with Crippen molar-refractivity contribution in [3.8, 4) is 5.88 Å². The third kappa shape index (κ3) is 2.87. The smallest absolute Gasteiger partial charge is 0.280 e. The average molecular weight is 278 g/mol. The molecule has 0 N–H and O–H groups in total. The standard InChI is InChI=1S/C10H10BrF2NO/c11-7-3-4-8(9(12)13)14-10(7)15-5-6-1-2-6/h3-4,6,9H,1-2,5H2. The second kappa shape index (κ2) is 4.43. The number of alkyl halides is 2. The Labute approximate surface area is 94.8 Å². The van der Waals surface area contributed by atoms with Crippen molar-refractivity contribution >= 4 is 15.9 Å². The van der Waals surface area contributed by atoms with Crippen molar-refractivity contribution in [2.45, 2.75) is 19.3 Å². The van der Waals surface area contributed by atoms with Crippen molar-refractivity contribution in [1.82, 2.24) is 4.98 Å². The normalized spacial score (nSPS) is 15.7. The zero-order valence-corrected chi connectivity index (χ0v) is 9.51. The second-order valence-electron chi connectivity index (χ2n) is 3.58. The highest BCUT2D eigenvalue weighted by atomic mass is 79.9. The monoisotopic (exact) mass is 277 g/mol. The molecule has 0 aromatic carbocycles. The van der Waals surface area contributed by atoms with Gasteiger partial charge in [-0.25, -0.2) is 13.8 Å². The summed E-state index contributed by atoms with van der Waals surface area (Å²) in [4.78, 5) is 3.75. The Morgan fingerprint density at radius 3 is 2.80 bits per heavy atom. The van der Waals surface area contributed by atoms with Crippen LogP contribution in [0.15, 0.2) is 16.6 Å². The molecule has 0 unspecified atom stereocenters. The van der Waals surface area contributed by atoms with E-state index in [0.717, 1.165) is 12.8 Å². The molecule has 0 atom stereocenters. The number of rotatable bonds is 4. The lowest BCUT2D eigenvalue weighted by atomic mass is 10.3. The van der Waals surface area contributed by atoms with E-state index in [1.807, 2.05) is 0 Å². The maximum atomic E-state index is 12.4. The van der Waals surface area contributed by atoms with Crippen LogP contribution < -0.4 is 4.74 Å². The van der Waals surface area contributed by atoms with Crippen molar-refractivity contribution in [2.24, 2.45) is 5.92 Å². The van der Waals surface area contributed by atoms with E-state index >= 15 is 0 Å². The van der Waals surface area contributed by atoms with Gasteiger partial charge in [0.2, 0.25) is 5.88 Å². The first-order chi connectivity index (χ1) is 7.16. The molecule has 5 heteroatoms. The lowest BCUT2D eigenvalue weighted by molar-refractivity contribution is 0.144. The van der Waals surface area contributed by atoms with Crippen LogP contribution in [-0.4, -0.2) is 11.6 Å². The molecule has 1 saturated carbocycles. The quantitative estimate of drug-likeness (QED) is 0.840. The van der Waals surface area contributed by atoms with Crippen LogP contribution in [0.3, 0.4) is 0 Å². The lowest BCUT2D eigenvalue weighted by Crippen LogP contribution is -2.03. The minimum absolute atomic E-state index is 0.246. The highest BCUT2D eigenvalue weighted by Gasteiger charge is 2.23. The van der Waals surface area contributed by atoms with Crippen LogP contribution in [0.25, 0.3) is 0 Å². The van der Waals surface area contributed by atoms with Gasteiger partial charge < -0.3 is 4.74 Å². The molecule has 0 bridgehead atoms. The Morgan fingerprint density at radius 2 is 2.20 bits per heavy atom. The molecule has 0 amide bonds. The molecule has 15 heavy (non-hydrogen) atoms. The summed E-state index contributed by atoms with van der Waals surface area (Å²) in [5, 5.41) is 0. The van der Waals surface area contributed by atoms with Crippen LogP contribution in [-0.2, 0) is 0 Å². The van der Waals surface area contributed by atoms with E-state index in [9.17, 15) is 8.78 Å². The fraction of sp³-hybridized carbons (Fsp3) is 0.500. The molecule has 0 spiro atoms. The molecular formula is C10H10BrF2NO. The van der Waals surface area contributed by atoms with E-state index in [4.69, 9.17) is 4.74 Å².